The maximum Gasteiger partial charge on any atom is 0.332 e. The third kappa shape index (κ3) is 4.07. The third-order valence-electron chi connectivity index (χ3n) is 6.21. The van der Waals surface area contributed by atoms with Crippen LogP contribution in [0.2, 0.25) is 0 Å². The number of carbonyl (C=O) groups is 2. The van der Waals surface area contributed by atoms with Gasteiger partial charge >= 0.3 is 5.69 Å². The van der Waals surface area contributed by atoms with E-state index in [0.29, 0.717) is 11.7 Å². The second kappa shape index (κ2) is 9.25. The third-order valence-corrected chi connectivity index (χ3v) is 7.02. The molecule has 3 aliphatic heterocycles. The summed E-state index contributed by atoms with van der Waals surface area (Å²) in [4.78, 5) is 38.7. The molecule has 0 spiro atoms. The number of nitrogens with zero attached hydrogens (tertiary/aromatic N) is 5. The van der Waals surface area contributed by atoms with E-state index >= 15 is 0 Å². The monoisotopic (exact) mass is 457 g/mol. The number of hydrogen-bond donors (Lipinski definition) is 1. The first-order chi connectivity index (χ1) is 15.4. The molecule has 1 aromatic carbocycles. The molecule has 3 saturated heterocycles. The summed E-state index contributed by atoms with van der Waals surface area (Å²) in [5.41, 5.74) is 1.28. The number of aromatic nitrogens is 3. The van der Waals surface area contributed by atoms with Crippen LogP contribution in [0.25, 0.3) is 15.8 Å². The number of amides is 1. The maximum absolute atomic E-state index is 13.3. The standard InChI is InChI=1S/C21H25N5O2S.CH2O2/c1-14(2)24-11-12-26(21(24)28)16-3-4-17-18(13-16)29-22-19(17)20(27)25-10-9-23-7-5-15(25)6-8-23;2-1-3/h3-4,11-15H,5-10H2,1-2H3;1H,(H,2,3). The summed E-state index contributed by atoms with van der Waals surface area (Å²) in [6.07, 6.45) is 5.70. The van der Waals surface area contributed by atoms with E-state index in [1.54, 1.807) is 15.3 Å². The van der Waals surface area contributed by atoms with Gasteiger partial charge in [-0.05, 0) is 56.4 Å². The Hall–Kier alpha value is -2.98. The van der Waals surface area contributed by atoms with Crippen molar-refractivity contribution in [2.45, 2.75) is 38.8 Å². The number of rotatable bonds is 3. The van der Waals surface area contributed by atoms with E-state index in [9.17, 15) is 9.59 Å². The number of carboxylic acid groups (broad SMARTS) is 1. The van der Waals surface area contributed by atoms with Crippen molar-refractivity contribution in [2.24, 2.45) is 0 Å². The van der Waals surface area contributed by atoms with Crippen LogP contribution in [0.4, 0.5) is 0 Å². The second-order valence-electron chi connectivity index (χ2n) is 8.34. The Morgan fingerprint density at radius 3 is 2.56 bits per heavy atom. The lowest BCUT2D eigenvalue weighted by Crippen LogP contribution is -2.41. The van der Waals surface area contributed by atoms with Crippen LogP contribution in [0.5, 0.6) is 0 Å². The first kappa shape index (κ1) is 22.2. The van der Waals surface area contributed by atoms with E-state index in [4.69, 9.17) is 9.90 Å². The summed E-state index contributed by atoms with van der Waals surface area (Å²) in [6.45, 7) is 7.62. The SMILES string of the molecule is CC(C)n1ccn(-c2ccc3c(C(=O)N4CCN5CCC4CC5)nsc3c2)c1=O.O=CO. The lowest BCUT2D eigenvalue weighted by molar-refractivity contribution is -0.122. The zero-order chi connectivity index (χ0) is 22.8. The van der Waals surface area contributed by atoms with Gasteiger partial charge in [0.05, 0.1) is 10.4 Å². The Morgan fingerprint density at radius 2 is 1.91 bits per heavy atom. The van der Waals surface area contributed by atoms with E-state index in [0.717, 1.165) is 54.8 Å². The fourth-order valence-corrected chi connectivity index (χ4v) is 5.30. The van der Waals surface area contributed by atoms with Gasteiger partial charge in [0.2, 0.25) is 0 Å². The predicted octanol–water partition coefficient (Wildman–Crippen LogP) is 2.45. The van der Waals surface area contributed by atoms with E-state index in [1.165, 1.54) is 11.5 Å². The number of carbonyl (C=O) groups excluding carboxylic acids is 1. The van der Waals surface area contributed by atoms with E-state index in [1.807, 2.05) is 43.1 Å². The molecule has 0 unspecified atom stereocenters. The zero-order valence-electron chi connectivity index (χ0n) is 18.2. The van der Waals surface area contributed by atoms with Crippen LogP contribution in [0.1, 0.15) is 43.2 Å². The van der Waals surface area contributed by atoms with Gasteiger partial charge in [-0.15, -0.1) is 0 Å². The van der Waals surface area contributed by atoms with E-state index in [-0.39, 0.29) is 24.1 Å². The fraction of sp³-hybridized carbons (Fsp3) is 0.455. The highest BCUT2D eigenvalue weighted by Gasteiger charge is 2.33. The molecule has 5 heterocycles. The van der Waals surface area contributed by atoms with Crippen LogP contribution < -0.4 is 5.69 Å². The lowest BCUT2D eigenvalue weighted by atomic mass is 10.0. The molecule has 2 bridgehead atoms. The Kier molecular flexibility index (Phi) is 6.43. The average molecular weight is 458 g/mol. The molecule has 3 aliphatic rings. The van der Waals surface area contributed by atoms with Crippen molar-refractivity contribution < 1.29 is 14.7 Å². The smallest absolute Gasteiger partial charge is 0.332 e. The van der Waals surface area contributed by atoms with E-state index in [2.05, 4.69) is 9.27 Å². The number of imidazole rings is 1. The van der Waals surface area contributed by atoms with Crippen LogP contribution in [-0.4, -0.2) is 73.0 Å². The van der Waals surface area contributed by atoms with Crippen LogP contribution in [-0.2, 0) is 4.79 Å². The van der Waals surface area contributed by atoms with Crippen molar-refractivity contribution in [3.05, 3.63) is 46.8 Å². The summed E-state index contributed by atoms with van der Waals surface area (Å²) in [5, 5.41) is 7.76. The molecule has 1 amide bonds. The number of hydrogen-bond acceptors (Lipinski definition) is 6. The zero-order valence-corrected chi connectivity index (χ0v) is 19.0. The second-order valence-corrected chi connectivity index (χ2v) is 9.15. The van der Waals surface area contributed by atoms with Gasteiger partial charge in [0.25, 0.3) is 12.4 Å². The molecule has 0 radical (unpaired) electrons. The normalized spacial score (nSPS) is 20.2. The van der Waals surface area contributed by atoms with Gasteiger partial charge in [0.15, 0.2) is 0 Å². The first-order valence-corrected chi connectivity index (χ1v) is 11.5. The largest absolute Gasteiger partial charge is 0.483 e. The van der Waals surface area contributed by atoms with Gasteiger partial charge in [-0.1, -0.05) is 0 Å². The quantitative estimate of drug-likeness (QED) is 0.607. The minimum atomic E-state index is -0.250. The highest BCUT2D eigenvalue weighted by atomic mass is 32.1. The van der Waals surface area contributed by atoms with Gasteiger partial charge in [0.1, 0.15) is 5.69 Å². The number of piperidine rings is 1. The topological polar surface area (TPSA) is 101 Å². The summed E-state index contributed by atoms with van der Waals surface area (Å²) in [6, 6.07) is 6.22. The molecular formula is C22H27N5O4S. The molecule has 170 valence electrons. The van der Waals surface area contributed by atoms with Gasteiger partial charge in [0, 0.05) is 56.0 Å². The molecule has 2 aromatic heterocycles. The molecule has 0 aliphatic carbocycles. The van der Waals surface area contributed by atoms with Crippen LogP contribution in [0.15, 0.2) is 35.4 Å². The average Bonchev–Trinajstić information content (AvgIpc) is 3.25. The molecule has 1 N–H and O–H groups in total. The molecular weight excluding hydrogens is 430 g/mol. The molecule has 6 rings (SSSR count). The fourth-order valence-electron chi connectivity index (χ4n) is 4.50. The van der Waals surface area contributed by atoms with Crippen LogP contribution >= 0.6 is 11.5 Å². The molecule has 9 nitrogen and oxygen atoms in total. The summed E-state index contributed by atoms with van der Waals surface area (Å²) < 4.78 is 8.79. The van der Waals surface area contributed by atoms with Crippen molar-refractivity contribution in [3.8, 4) is 5.69 Å². The Morgan fingerprint density at radius 1 is 1.19 bits per heavy atom. The van der Waals surface area contributed by atoms with E-state index < -0.39 is 0 Å². The Bertz CT molecular complexity index is 1170. The maximum atomic E-state index is 13.3. The van der Waals surface area contributed by atoms with Crippen molar-refractivity contribution in [1.82, 2.24) is 23.3 Å². The lowest BCUT2D eigenvalue weighted by Gasteiger charge is -2.31. The summed E-state index contributed by atoms with van der Waals surface area (Å²) >= 11 is 1.33. The molecule has 3 fully saturated rings. The molecule has 32 heavy (non-hydrogen) atoms. The summed E-state index contributed by atoms with van der Waals surface area (Å²) in [5.74, 6) is 0.0425. The minimum absolute atomic E-state index is 0.0425. The van der Waals surface area contributed by atoms with Crippen LogP contribution in [0, 0.1) is 0 Å². The van der Waals surface area contributed by atoms with Crippen LogP contribution in [0.3, 0.4) is 0 Å². The van der Waals surface area contributed by atoms with Crippen molar-refractivity contribution >= 4 is 34.0 Å². The number of fused-ring (bicyclic) bond motifs is 5. The Labute approximate surface area is 189 Å². The highest BCUT2D eigenvalue weighted by Crippen LogP contribution is 2.29. The Balaban J connectivity index is 0.000000775. The molecule has 0 saturated carbocycles. The van der Waals surface area contributed by atoms with Gasteiger partial charge in [-0.3, -0.25) is 18.7 Å². The van der Waals surface area contributed by atoms with Crippen molar-refractivity contribution in [3.63, 3.8) is 0 Å². The number of benzene rings is 1. The molecule has 0 atom stereocenters. The van der Waals surface area contributed by atoms with Gasteiger partial charge in [-0.2, -0.15) is 4.37 Å². The predicted molar refractivity (Wildman–Crippen MR) is 123 cm³/mol. The van der Waals surface area contributed by atoms with Crippen molar-refractivity contribution in [1.29, 1.82) is 0 Å². The van der Waals surface area contributed by atoms with Gasteiger partial charge in [-0.25, -0.2) is 4.79 Å². The minimum Gasteiger partial charge on any atom is -0.483 e. The van der Waals surface area contributed by atoms with Crippen molar-refractivity contribution in [2.75, 3.05) is 26.2 Å². The molecule has 3 aromatic rings. The van der Waals surface area contributed by atoms with Gasteiger partial charge < -0.3 is 14.9 Å². The summed E-state index contributed by atoms with van der Waals surface area (Å²) in [7, 11) is 0. The molecule has 10 heteroatoms. The first-order valence-electron chi connectivity index (χ1n) is 10.7. The highest BCUT2D eigenvalue weighted by molar-refractivity contribution is 7.13.